The highest BCUT2D eigenvalue weighted by Crippen LogP contribution is 2.23. The summed E-state index contributed by atoms with van der Waals surface area (Å²) in [7, 11) is 0. The van der Waals surface area contributed by atoms with E-state index >= 15 is 0 Å². The summed E-state index contributed by atoms with van der Waals surface area (Å²) in [4.78, 5) is 24.3. The lowest BCUT2D eigenvalue weighted by Crippen LogP contribution is -2.42. The van der Waals surface area contributed by atoms with Crippen LogP contribution < -0.4 is 5.32 Å². The van der Waals surface area contributed by atoms with E-state index < -0.39 is 0 Å². The van der Waals surface area contributed by atoms with Crippen molar-refractivity contribution in [2.75, 3.05) is 12.4 Å². The van der Waals surface area contributed by atoms with Crippen molar-refractivity contribution in [3.8, 4) is 0 Å². The first-order valence-corrected chi connectivity index (χ1v) is 7.82. The van der Waals surface area contributed by atoms with E-state index in [1.165, 1.54) is 11.8 Å². The molecule has 0 fully saturated rings. The average Bonchev–Trinajstić information content (AvgIpc) is 2.35. The van der Waals surface area contributed by atoms with Crippen LogP contribution in [0.3, 0.4) is 0 Å². The van der Waals surface area contributed by atoms with Gasteiger partial charge in [-0.2, -0.15) is 0 Å². The minimum Gasteiger partial charge on any atom is -0.455 e. The summed E-state index contributed by atoms with van der Waals surface area (Å²) in [6, 6.07) is 6.11. The van der Waals surface area contributed by atoms with E-state index in [1.54, 1.807) is 0 Å². The second-order valence-corrected chi connectivity index (χ2v) is 7.03. The number of carbonyl (C=O) groups is 2. The molecule has 0 radical (unpaired) electrons. The first-order chi connectivity index (χ1) is 9.67. The Morgan fingerprint density at radius 1 is 1.24 bits per heavy atom. The van der Waals surface area contributed by atoms with Gasteiger partial charge in [-0.05, 0) is 46.2 Å². The molecule has 0 aromatic heterocycles. The van der Waals surface area contributed by atoms with Crippen molar-refractivity contribution < 1.29 is 14.3 Å². The third-order valence-corrected chi connectivity index (χ3v) is 3.70. The molecule has 116 valence electrons. The van der Waals surface area contributed by atoms with Crippen molar-refractivity contribution in [3.63, 3.8) is 0 Å². The lowest BCUT2D eigenvalue weighted by atomic mass is 10.1. The molecule has 1 aromatic rings. The molecule has 21 heavy (non-hydrogen) atoms. The molecule has 1 aromatic carbocycles. The Hall–Kier alpha value is -1.49. The first kappa shape index (κ1) is 17.6. The zero-order valence-corrected chi connectivity index (χ0v) is 14.1. The number of nitrogens with one attached hydrogen (secondary N) is 1. The maximum atomic E-state index is 11.7. The van der Waals surface area contributed by atoms with Crippen LogP contribution in [0.15, 0.2) is 23.1 Å². The van der Waals surface area contributed by atoms with Crippen LogP contribution >= 0.6 is 11.8 Å². The van der Waals surface area contributed by atoms with Crippen LogP contribution in [0.25, 0.3) is 0 Å². The number of carbonyl (C=O) groups excluding carboxylic acids is 2. The van der Waals surface area contributed by atoms with Crippen molar-refractivity contribution in [1.29, 1.82) is 0 Å². The minimum absolute atomic E-state index is 0.201. The Labute approximate surface area is 130 Å². The number of esters is 1. The first-order valence-electron chi connectivity index (χ1n) is 6.84. The van der Waals surface area contributed by atoms with E-state index in [2.05, 4.69) is 5.32 Å². The van der Waals surface area contributed by atoms with Gasteiger partial charge in [0.2, 0.25) is 0 Å². The van der Waals surface area contributed by atoms with Gasteiger partial charge in [0, 0.05) is 10.4 Å². The summed E-state index contributed by atoms with van der Waals surface area (Å²) in [5.74, 6) is -0.467. The Balaban J connectivity index is 2.38. The van der Waals surface area contributed by atoms with Gasteiger partial charge in [0.05, 0.1) is 5.75 Å². The molecule has 0 aliphatic carbocycles. The molecule has 0 spiro atoms. The summed E-state index contributed by atoms with van der Waals surface area (Å²) in [5.41, 5.74) is 1.96. The van der Waals surface area contributed by atoms with Crippen LogP contribution in [0.1, 0.15) is 31.9 Å². The number of aryl methyl sites for hydroxylation is 2. The van der Waals surface area contributed by atoms with Gasteiger partial charge in [-0.3, -0.25) is 9.59 Å². The van der Waals surface area contributed by atoms with Gasteiger partial charge in [-0.1, -0.05) is 17.7 Å². The molecule has 0 heterocycles. The average molecular weight is 309 g/mol. The minimum atomic E-state index is -0.384. The van der Waals surface area contributed by atoms with E-state index in [-0.39, 0.29) is 29.8 Å². The molecule has 1 N–H and O–H groups in total. The third-order valence-electron chi connectivity index (χ3n) is 2.57. The van der Waals surface area contributed by atoms with Gasteiger partial charge in [0.25, 0.3) is 5.91 Å². The standard InChI is InChI=1S/C16H23NO3S/c1-11-6-7-12(2)13(8-11)21-10-15(19)20-9-14(18)17-16(3,4)5/h6-8H,9-10H2,1-5H3,(H,17,18). The Bertz CT molecular complexity index is 521. The second kappa shape index (κ2) is 7.50. The monoisotopic (exact) mass is 309 g/mol. The van der Waals surface area contributed by atoms with Crippen LogP contribution in [0.5, 0.6) is 0 Å². The number of amides is 1. The van der Waals surface area contributed by atoms with Crippen LogP contribution in [-0.2, 0) is 14.3 Å². The van der Waals surface area contributed by atoms with Gasteiger partial charge >= 0.3 is 5.97 Å². The molecule has 0 bridgehead atoms. The fourth-order valence-corrected chi connectivity index (χ4v) is 2.56. The van der Waals surface area contributed by atoms with Crippen LogP contribution in [-0.4, -0.2) is 29.8 Å². The van der Waals surface area contributed by atoms with Crippen LogP contribution in [0.4, 0.5) is 0 Å². The summed E-state index contributed by atoms with van der Waals surface area (Å²) in [6.07, 6.45) is 0. The van der Waals surface area contributed by atoms with Crippen LogP contribution in [0, 0.1) is 13.8 Å². The lowest BCUT2D eigenvalue weighted by molar-refractivity contribution is -0.146. The number of hydrogen-bond donors (Lipinski definition) is 1. The third kappa shape index (κ3) is 7.18. The Kier molecular flexibility index (Phi) is 6.27. The van der Waals surface area contributed by atoms with Crippen molar-refractivity contribution in [2.45, 2.75) is 45.1 Å². The molecule has 0 aliphatic rings. The molecule has 1 amide bonds. The molecule has 5 heteroatoms. The number of thioether (sulfide) groups is 1. The number of rotatable bonds is 5. The second-order valence-electron chi connectivity index (χ2n) is 6.02. The van der Waals surface area contributed by atoms with Gasteiger partial charge in [0.15, 0.2) is 6.61 Å². The van der Waals surface area contributed by atoms with Crippen LogP contribution in [0.2, 0.25) is 0 Å². The van der Waals surface area contributed by atoms with Crippen molar-refractivity contribution in [3.05, 3.63) is 29.3 Å². The fourth-order valence-electron chi connectivity index (χ4n) is 1.64. The smallest absolute Gasteiger partial charge is 0.316 e. The van der Waals surface area contributed by atoms with E-state index in [4.69, 9.17) is 4.74 Å². The molecule has 4 nitrogen and oxygen atoms in total. The van der Waals surface area contributed by atoms with Crippen molar-refractivity contribution in [2.24, 2.45) is 0 Å². The topological polar surface area (TPSA) is 55.4 Å². The summed E-state index contributed by atoms with van der Waals surface area (Å²) in [5, 5.41) is 2.74. The predicted molar refractivity (Wildman–Crippen MR) is 85.5 cm³/mol. The van der Waals surface area contributed by atoms with Gasteiger partial charge in [-0.15, -0.1) is 11.8 Å². The fraction of sp³-hybridized carbons (Fsp3) is 0.500. The predicted octanol–water partition coefficient (Wildman–Crippen LogP) is 2.85. The van der Waals surface area contributed by atoms with E-state index in [0.717, 1.165) is 16.0 Å². The van der Waals surface area contributed by atoms with Crippen molar-refractivity contribution in [1.82, 2.24) is 5.32 Å². The zero-order valence-electron chi connectivity index (χ0n) is 13.3. The molecule has 0 atom stereocenters. The molecule has 0 saturated heterocycles. The number of hydrogen-bond acceptors (Lipinski definition) is 4. The SMILES string of the molecule is Cc1ccc(C)c(SCC(=O)OCC(=O)NC(C)(C)C)c1. The molecule has 1 rings (SSSR count). The lowest BCUT2D eigenvalue weighted by Gasteiger charge is -2.20. The summed E-state index contributed by atoms with van der Waals surface area (Å²) < 4.78 is 4.97. The molecule has 0 unspecified atom stereocenters. The van der Waals surface area contributed by atoms with Gasteiger partial charge in [0.1, 0.15) is 0 Å². The maximum absolute atomic E-state index is 11.7. The molecule has 0 aliphatic heterocycles. The highest BCUT2D eigenvalue weighted by Gasteiger charge is 2.15. The summed E-state index contributed by atoms with van der Waals surface area (Å²) in [6.45, 7) is 9.42. The number of benzene rings is 1. The normalized spacial score (nSPS) is 11.1. The van der Waals surface area contributed by atoms with Gasteiger partial charge in [-0.25, -0.2) is 0 Å². The van der Waals surface area contributed by atoms with Gasteiger partial charge < -0.3 is 10.1 Å². The highest BCUT2D eigenvalue weighted by molar-refractivity contribution is 8.00. The summed E-state index contributed by atoms with van der Waals surface area (Å²) >= 11 is 1.43. The van der Waals surface area contributed by atoms with E-state index in [0.29, 0.717) is 0 Å². The van der Waals surface area contributed by atoms with E-state index in [1.807, 2.05) is 52.8 Å². The highest BCUT2D eigenvalue weighted by atomic mass is 32.2. The molecular weight excluding hydrogens is 286 g/mol. The van der Waals surface area contributed by atoms with E-state index in [9.17, 15) is 9.59 Å². The van der Waals surface area contributed by atoms with Crippen molar-refractivity contribution >= 4 is 23.6 Å². The number of ether oxygens (including phenoxy) is 1. The maximum Gasteiger partial charge on any atom is 0.316 e. The molecular formula is C16H23NO3S. The molecule has 0 saturated carbocycles. The largest absolute Gasteiger partial charge is 0.455 e. The zero-order chi connectivity index (χ0) is 16.0. The Morgan fingerprint density at radius 3 is 2.52 bits per heavy atom. The quantitative estimate of drug-likeness (QED) is 0.671. The Morgan fingerprint density at radius 2 is 1.90 bits per heavy atom.